The fourth-order valence-electron chi connectivity index (χ4n) is 1.79. The van der Waals surface area contributed by atoms with E-state index < -0.39 is 11.8 Å². The Hall–Kier alpha value is -1.99. The van der Waals surface area contributed by atoms with Crippen LogP contribution in [0, 0.1) is 5.82 Å². The maximum absolute atomic E-state index is 13.0. The molecule has 0 N–H and O–H groups in total. The molecule has 3 aromatic rings. The van der Waals surface area contributed by atoms with Gasteiger partial charge in [-0.15, -0.1) is 11.3 Å². The summed E-state index contributed by atoms with van der Waals surface area (Å²) in [5.41, 5.74) is 0.762. The minimum Gasteiger partial charge on any atom is -0.455 e. The zero-order valence-electron chi connectivity index (χ0n) is 11.1. The Morgan fingerprint density at radius 3 is 2.95 bits per heavy atom. The topological polar surface area (TPSA) is 52.3 Å². The van der Waals surface area contributed by atoms with Crippen LogP contribution in [0.2, 0.25) is 0 Å². The lowest BCUT2D eigenvalue weighted by molar-refractivity contribution is 0.0463. The van der Waals surface area contributed by atoms with E-state index in [2.05, 4.69) is 21.1 Å². The number of benzene rings is 1. The van der Waals surface area contributed by atoms with Gasteiger partial charge in [0, 0.05) is 10.5 Å². The average molecular weight is 382 g/mol. The number of nitrogens with zero attached hydrogens (tertiary/aromatic N) is 1. The number of aromatic nitrogens is 1. The van der Waals surface area contributed by atoms with Crippen LogP contribution in [0.15, 0.2) is 50.8 Å². The van der Waals surface area contributed by atoms with E-state index in [4.69, 9.17) is 9.26 Å². The second kappa shape index (κ2) is 6.41. The third-order valence-corrected chi connectivity index (χ3v) is 4.37. The van der Waals surface area contributed by atoms with Gasteiger partial charge in [0.05, 0.1) is 10.4 Å². The van der Waals surface area contributed by atoms with Gasteiger partial charge in [-0.1, -0.05) is 11.2 Å². The third-order valence-electron chi connectivity index (χ3n) is 2.83. The summed E-state index contributed by atoms with van der Waals surface area (Å²) in [5, 5.41) is 5.79. The maximum atomic E-state index is 13.0. The Morgan fingerprint density at radius 1 is 1.36 bits per heavy atom. The highest BCUT2D eigenvalue weighted by Crippen LogP contribution is 2.25. The van der Waals surface area contributed by atoms with Crippen molar-refractivity contribution in [1.82, 2.24) is 5.16 Å². The molecule has 0 bridgehead atoms. The summed E-state index contributed by atoms with van der Waals surface area (Å²) in [4.78, 5) is 12.9. The molecular weight excluding hydrogens is 373 g/mol. The molecule has 1 aromatic carbocycles. The lowest BCUT2D eigenvalue weighted by Crippen LogP contribution is -2.06. The summed E-state index contributed by atoms with van der Waals surface area (Å²) in [7, 11) is 0. The van der Waals surface area contributed by atoms with Crippen LogP contribution in [-0.4, -0.2) is 11.1 Å². The average Bonchev–Trinajstić information content (AvgIpc) is 3.16. The molecule has 4 nitrogen and oxygen atoms in total. The number of halogens is 2. The van der Waals surface area contributed by atoms with Gasteiger partial charge in [-0.3, -0.25) is 0 Å². The van der Waals surface area contributed by atoms with Crippen molar-refractivity contribution < 1.29 is 18.4 Å². The first-order valence-electron chi connectivity index (χ1n) is 6.25. The van der Waals surface area contributed by atoms with Gasteiger partial charge >= 0.3 is 5.97 Å². The SMILES string of the molecule is O=C(OCc1cc(-c2cccs2)on1)c1ccc(F)cc1Br. The van der Waals surface area contributed by atoms with Crippen molar-refractivity contribution in [3.05, 3.63) is 63.3 Å². The molecule has 0 aliphatic heterocycles. The molecule has 0 atom stereocenters. The number of ether oxygens (including phenoxy) is 1. The number of carbonyl (C=O) groups is 1. The van der Waals surface area contributed by atoms with Crippen LogP contribution in [0.3, 0.4) is 0 Å². The predicted molar refractivity (Wildman–Crippen MR) is 83.0 cm³/mol. The van der Waals surface area contributed by atoms with Crippen LogP contribution in [0.4, 0.5) is 4.39 Å². The predicted octanol–water partition coefficient (Wildman–Crippen LogP) is 4.66. The summed E-state index contributed by atoms with van der Waals surface area (Å²) >= 11 is 4.66. The summed E-state index contributed by atoms with van der Waals surface area (Å²) in [6.07, 6.45) is 0. The van der Waals surface area contributed by atoms with Crippen molar-refractivity contribution in [1.29, 1.82) is 0 Å². The Bertz CT molecular complexity index is 801. The number of esters is 1. The van der Waals surface area contributed by atoms with E-state index in [9.17, 15) is 9.18 Å². The van der Waals surface area contributed by atoms with Crippen molar-refractivity contribution in [2.45, 2.75) is 6.61 Å². The molecule has 0 amide bonds. The molecule has 2 heterocycles. The zero-order valence-corrected chi connectivity index (χ0v) is 13.5. The number of hydrogen-bond acceptors (Lipinski definition) is 5. The van der Waals surface area contributed by atoms with Gasteiger partial charge in [0.1, 0.15) is 18.1 Å². The van der Waals surface area contributed by atoms with Crippen LogP contribution in [0.5, 0.6) is 0 Å². The number of hydrogen-bond donors (Lipinski definition) is 0. The molecule has 0 saturated carbocycles. The summed E-state index contributed by atoms with van der Waals surface area (Å²) in [6, 6.07) is 9.32. The Morgan fingerprint density at radius 2 is 2.23 bits per heavy atom. The van der Waals surface area contributed by atoms with Crippen LogP contribution >= 0.6 is 27.3 Å². The van der Waals surface area contributed by atoms with Crippen molar-refractivity contribution in [3.8, 4) is 10.6 Å². The first-order chi connectivity index (χ1) is 10.6. The Kier molecular flexibility index (Phi) is 4.35. The van der Waals surface area contributed by atoms with Crippen LogP contribution in [0.25, 0.3) is 10.6 Å². The van der Waals surface area contributed by atoms with Gasteiger partial charge in [0.15, 0.2) is 5.76 Å². The molecule has 0 radical (unpaired) electrons. The monoisotopic (exact) mass is 381 g/mol. The van der Waals surface area contributed by atoms with Crippen molar-refractivity contribution in [2.24, 2.45) is 0 Å². The Labute approximate surface area is 137 Å². The van der Waals surface area contributed by atoms with Crippen molar-refractivity contribution in [3.63, 3.8) is 0 Å². The number of thiophene rings is 1. The van der Waals surface area contributed by atoms with Gasteiger partial charge in [0.25, 0.3) is 0 Å². The fraction of sp³-hybridized carbons (Fsp3) is 0.0667. The standard InChI is InChI=1S/C15H9BrFNO3S/c16-12-6-9(17)3-4-11(12)15(19)20-8-10-7-13(21-18-10)14-2-1-5-22-14/h1-7H,8H2. The van der Waals surface area contributed by atoms with Gasteiger partial charge in [0.2, 0.25) is 0 Å². The number of carbonyl (C=O) groups excluding carboxylic acids is 1. The minimum absolute atomic E-state index is 0.0163. The maximum Gasteiger partial charge on any atom is 0.339 e. The molecule has 7 heteroatoms. The van der Waals surface area contributed by atoms with E-state index in [1.165, 1.54) is 29.5 Å². The van der Waals surface area contributed by atoms with E-state index in [1.807, 2.05) is 17.5 Å². The van der Waals surface area contributed by atoms with E-state index in [1.54, 1.807) is 6.07 Å². The largest absolute Gasteiger partial charge is 0.455 e. The van der Waals surface area contributed by atoms with Crippen molar-refractivity contribution in [2.75, 3.05) is 0 Å². The first kappa shape index (κ1) is 14.9. The fourth-order valence-corrected chi connectivity index (χ4v) is 2.97. The normalized spacial score (nSPS) is 10.6. The van der Waals surface area contributed by atoms with Gasteiger partial charge in [-0.05, 0) is 45.6 Å². The molecule has 0 spiro atoms. The molecule has 0 saturated heterocycles. The second-order valence-electron chi connectivity index (χ2n) is 4.36. The molecule has 0 aliphatic rings. The molecule has 2 aromatic heterocycles. The highest BCUT2D eigenvalue weighted by Gasteiger charge is 2.14. The van der Waals surface area contributed by atoms with Crippen LogP contribution in [-0.2, 0) is 11.3 Å². The molecule has 3 rings (SSSR count). The zero-order chi connectivity index (χ0) is 15.5. The van der Waals surface area contributed by atoms with Gasteiger partial charge in [-0.2, -0.15) is 0 Å². The third kappa shape index (κ3) is 3.26. The van der Waals surface area contributed by atoms with E-state index >= 15 is 0 Å². The summed E-state index contributed by atoms with van der Waals surface area (Å²) in [6.45, 7) is -0.0163. The van der Waals surface area contributed by atoms with Gasteiger partial charge < -0.3 is 9.26 Å². The smallest absolute Gasteiger partial charge is 0.339 e. The first-order valence-corrected chi connectivity index (χ1v) is 7.92. The highest BCUT2D eigenvalue weighted by molar-refractivity contribution is 9.10. The Balaban J connectivity index is 1.66. The van der Waals surface area contributed by atoms with Crippen LogP contribution < -0.4 is 0 Å². The van der Waals surface area contributed by atoms with E-state index in [0.29, 0.717) is 15.9 Å². The lowest BCUT2D eigenvalue weighted by Gasteiger charge is -2.04. The lowest BCUT2D eigenvalue weighted by atomic mass is 10.2. The number of rotatable bonds is 4. The quantitative estimate of drug-likeness (QED) is 0.616. The highest BCUT2D eigenvalue weighted by atomic mass is 79.9. The van der Waals surface area contributed by atoms with Gasteiger partial charge in [-0.25, -0.2) is 9.18 Å². The van der Waals surface area contributed by atoms with Crippen LogP contribution in [0.1, 0.15) is 16.1 Å². The minimum atomic E-state index is -0.562. The molecule has 22 heavy (non-hydrogen) atoms. The van der Waals surface area contributed by atoms with E-state index in [-0.39, 0.29) is 12.2 Å². The molecule has 0 aliphatic carbocycles. The molecular formula is C15H9BrFNO3S. The summed E-state index contributed by atoms with van der Waals surface area (Å²) < 4.78 is 23.7. The molecule has 112 valence electrons. The van der Waals surface area contributed by atoms with E-state index in [0.717, 1.165) is 4.88 Å². The second-order valence-corrected chi connectivity index (χ2v) is 6.16. The summed E-state index contributed by atoms with van der Waals surface area (Å²) in [5.74, 6) is -0.364. The molecule has 0 unspecified atom stereocenters. The molecule has 0 fully saturated rings. The van der Waals surface area contributed by atoms with Crippen molar-refractivity contribution >= 4 is 33.2 Å².